The number of benzene rings is 1. The molecule has 1 aromatic rings. The van der Waals surface area contributed by atoms with E-state index in [1.165, 1.54) is 19.2 Å². The number of ether oxygens (including phenoxy) is 2. The Kier molecular flexibility index (Phi) is 7.48. The topological polar surface area (TPSA) is 64.6 Å². The molecule has 22 heavy (non-hydrogen) atoms. The van der Waals surface area contributed by atoms with E-state index in [1.54, 1.807) is 0 Å². The summed E-state index contributed by atoms with van der Waals surface area (Å²) in [4.78, 5) is 23.5. The summed E-state index contributed by atoms with van der Waals surface area (Å²) < 4.78 is 9.94. The molecule has 1 aromatic carbocycles. The minimum Gasteiger partial charge on any atom is -0.494 e. The molecule has 0 radical (unpaired) electrons. The van der Waals surface area contributed by atoms with Gasteiger partial charge in [-0.05, 0) is 25.5 Å². The smallest absolute Gasteiger partial charge is 0.338 e. The van der Waals surface area contributed by atoms with Crippen LogP contribution >= 0.6 is 23.2 Å². The standard InChI is InChI=1S/C15H19Cl2NO4/c1-4-5-9(2)18-13(19)8-22-15(20)10-6-11(16)14(21-3)12(17)7-10/h6-7,9H,4-5,8H2,1-3H3,(H,18,19)/t9-/m0/s1. The quantitative estimate of drug-likeness (QED) is 0.767. The highest BCUT2D eigenvalue weighted by molar-refractivity contribution is 6.37. The molecule has 0 fully saturated rings. The van der Waals surface area contributed by atoms with Gasteiger partial charge in [0.2, 0.25) is 0 Å². The summed E-state index contributed by atoms with van der Waals surface area (Å²) in [6.45, 7) is 3.57. The van der Waals surface area contributed by atoms with Crippen molar-refractivity contribution in [2.75, 3.05) is 13.7 Å². The molecule has 0 saturated carbocycles. The maximum absolute atomic E-state index is 11.9. The number of carbonyl (C=O) groups is 2. The van der Waals surface area contributed by atoms with Gasteiger partial charge in [-0.15, -0.1) is 0 Å². The van der Waals surface area contributed by atoms with E-state index in [0.717, 1.165) is 12.8 Å². The van der Waals surface area contributed by atoms with Crippen LogP contribution in [0, 0.1) is 0 Å². The average Bonchev–Trinajstić information content (AvgIpc) is 2.44. The minimum absolute atomic E-state index is 0.0427. The molecule has 0 aromatic heterocycles. The van der Waals surface area contributed by atoms with Crippen LogP contribution in [-0.2, 0) is 9.53 Å². The second-order valence-electron chi connectivity index (χ2n) is 4.81. The third-order valence-corrected chi connectivity index (χ3v) is 3.46. The number of amides is 1. The van der Waals surface area contributed by atoms with E-state index in [2.05, 4.69) is 5.32 Å². The zero-order chi connectivity index (χ0) is 16.7. The normalized spacial score (nSPS) is 11.7. The van der Waals surface area contributed by atoms with Gasteiger partial charge in [0.25, 0.3) is 5.91 Å². The number of rotatable bonds is 7. The van der Waals surface area contributed by atoms with Crippen LogP contribution in [0.1, 0.15) is 37.0 Å². The molecule has 5 nitrogen and oxygen atoms in total. The Hall–Kier alpha value is -1.46. The highest BCUT2D eigenvalue weighted by Crippen LogP contribution is 2.33. The van der Waals surface area contributed by atoms with Crippen LogP contribution in [0.5, 0.6) is 5.75 Å². The summed E-state index contributed by atoms with van der Waals surface area (Å²) in [5, 5.41) is 3.13. The van der Waals surface area contributed by atoms with E-state index in [1.807, 2.05) is 13.8 Å². The molecule has 1 amide bonds. The lowest BCUT2D eigenvalue weighted by Crippen LogP contribution is -2.35. The van der Waals surface area contributed by atoms with Crippen LogP contribution in [0.3, 0.4) is 0 Å². The fourth-order valence-electron chi connectivity index (χ4n) is 1.91. The lowest BCUT2D eigenvalue weighted by atomic mass is 10.2. The lowest BCUT2D eigenvalue weighted by molar-refractivity contribution is -0.124. The summed E-state index contributed by atoms with van der Waals surface area (Å²) in [5.41, 5.74) is 0.158. The molecule has 0 aliphatic rings. The van der Waals surface area contributed by atoms with Crippen molar-refractivity contribution in [3.8, 4) is 5.75 Å². The molecule has 0 aliphatic heterocycles. The number of methoxy groups -OCH3 is 1. The van der Waals surface area contributed by atoms with Crippen molar-refractivity contribution in [1.29, 1.82) is 0 Å². The second kappa shape index (κ2) is 8.86. The first-order valence-electron chi connectivity index (χ1n) is 6.88. The van der Waals surface area contributed by atoms with Gasteiger partial charge in [-0.1, -0.05) is 36.5 Å². The molecular weight excluding hydrogens is 329 g/mol. The Balaban J connectivity index is 2.61. The predicted molar refractivity (Wildman–Crippen MR) is 85.8 cm³/mol. The highest BCUT2D eigenvalue weighted by atomic mass is 35.5. The Morgan fingerprint density at radius 2 is 1.86 bits per heavy atom. The summed E-state index contributed by atoms with van der Waals surface area (Å²) >= 11 is 11.9. The van der Waals surface area contributed by atoms with Gasteiger partial charge >= 0.3 is 5.97 Å². The molecule has 1 atom stereocenters. The Morgan fingerprint density at radius 1 is 1.27 bits per heavy atom. The lowest BCUT2D eigenvalue weighted by Gasteiger charge is -2.13. The zero-order valence-corrected chi connectivity index (χ0v) is 14.3. The van der Waals surface area contributed by atoms with Crippen LogP contribution in [-0.4, -0.2) is 31.6 Å². The fraction of sp³-hybridized carbons (Fsp3) is 0.467. The van der Waals surface area contributed by atoms with E-state index in [9.17, 15) is 9.59 Å². The average molecular weight is 348 g/mol. The van der Waals surface area contributed by atoms with Crippen LogP contribution in [0.2, 0.25) is 10.0 Å². The van der Waals surface area contributed by atoms with E-state index in [4.69, 9.17) is 32.7 Å². The third-order valence-electron chi connectivity index (χ3n) is 2.90. The molecule has 1 rings (SSSR count). The van der Waals surface area contributed by atoms with E-state index >= 15 is 0 Å². The third kappa shape index (κ3) is 5.39. The van der Waals surface area contributed by atoms with Gasteiger partial charge in [0.05, 0.1) is 22.7 Å². The van der Waals surface area contributed by atoms with Crippen molar-refractivity contribution in [2.24, 2.45) is 0 Å². The van der Waals surface area contributed by atoms with Crippen LogP contribution in [0.15, 0.2) is 12.1 Å². The van der Waals surface area contributed by atoms with Crippen molar-refractivity contribution in [1.82, 2.24) is 5.32 Å². The summed E-state index contributed by atoms with van der Waals surface area (Å²) in [6, 6.07) is 2.80. The first-order chi connectivity index (χ1) is 10.4. The first kappa shape index (κ1) is 18.6. The van der Waals surface area contributed by atoms with Gasteiger partial charge in [-0.3, -0.25) is 4.79 Å². The largest absolute Gasteiger partial charge is 0.494 e. The number of halogens is 2. The molecule has 0 aliphatic carbocycles. The zero-order valence-electron chi connectivity index (χ0n) is 12.7. The Morgan fingerprint density at radius 3 is 2.36 bits per heavy atom. The molecule has 0 bridgehead atoms. The molecule has 0 spiro atoms. The van der Waals surface area contributed by atoms with Gasteiger partial charge in [0, 0.05) is 6.04 Å². The number of hydrogen-bond acceptors (Lipinski definition) is 4. The van der Waals surface area contributed by atoms with Crippen LogP contribution in [0.4, 0.5) is 0 Å². The van der Waals surface area contributed by atoms with E-state index in [0.29, 0.717) is 0 Å². The van der Waals surface area contributed by atoms with Crippen molar-refractivity contribution in [3.63, 3.8) is 0 Å². The van der Waals surface area contributed by atoms with Gasteiger partial charge in [-0.2, -0.15) is 0 Å². The number of esters is 1. The molecule has 7 heteroatoms. The van der Waals surface area contributed by atoms with E-state index < -0.39 is 5.97 Å². The molecule has 0 unspecified atom stereocenters. The maximum Gasteiger partial charge on any atom is 0.338 e. The van der Waals surface area contributed by atoms with Crippen molar-refractivity contribution < 1.29 is 19.1 Å². The predicted octanol–water partition coefficient (Wildman–Crippen LogP) is 3.46. The molecule has 1 N–H and O–H groups in total. The number of carbonyl (C=O) groups excluding carboxylic acids is 2. The molecular formula is C15H19Cl2NO4. The molecule has 122 valence electrons. The van der Waals surface area contributed by atoms with Crippen molar-refractivity contribution in [2.45, 2.75) is 32.7 Å². The second-order valence-corrected chi connectivity index (χ2v) is 5.62. The first-order valence-corrected chi connectivity index (χ1v) is 7.64. The highest BCUT2D eigenvalue weighted by Gasteiger charge is 2.16. The Labute approximate surface area is 139 Å². The fourth-order valence-corrected chi connectivity index (χ4v) is 2.55. The van der Waals surface area contributed by atoms with E-state index in [-0.39, 0.29) is 39.9 Å². The van der Waals surface area contributed by atoms with Crippen LogP contribution < -0.4 is 10.1 Å². The monoisotopic (exact) mass is 347 g/mol. The summed E-state index contributed by atoms with van der Waals surface area (Å²) in [5.74, 6) is -0.740. The van der Waals surface area contributed by atoms with Gasteiger partial charge < -0.3 is 14.8 Å². The summed E-state index contributed by atoms with van der Waals surface area (Å²) in [7, 11) is 1.42. The molecule has 0 heterocycles. The SMILES string of the molecule is CCC[C@H](C)NC(=O)COC(=O)c1cc(Cl)c(OC)c(Cl)c1. The maximum atomic E-state index is 11.9. The van der Waals surface area contributed by atoms with Gasteiger partial charge in [0.15, 0.2) is 12.4 Å². The van der Waals surface area contributed by atoms with Gasteiger partial charge in [0.1, 0.15) is 0 Å². The molecule has 0 saturated heterocycles. The van der Waals surface area contributed by atoms with Gasteiger partial charge in [-0.25, -0.2) is 4.79 Å². The summed E-state index contributed by atoms with van der Waals surface area (Å²) in [6.07, 6.45) is 1.83. The van der Waals surface area contributed by atoms with Crippen molar-refractivity contribution in [3.05, 3.63) is 27.7 Å². The van der Waals surface area contributed by atoms with Crippen molar-refractivity contribution >= 4 is 35.1 Å². The number of nitrogens with one attached hydrogen (secondary N) is 1. The number of hydrogen-bond donors (Lipinski definition) is 1. The Bertz CT molecular complexity index is 525. The minimum atomic E-state index is -0.676. The van der Waals surface area contributed by atoms with Crippen LogP contribution in [0.25, 0.3) is 0 Å².